The van der Waals surface area contributed by atoms with E-state index < -0.39 is 17.6 Å². The topological polar surface area (TPSA) is 69.2 Å². The number of ether oxygens (including phenoxy) is 1. The number of hydrogen-bond donors (Lipinski definition) is 1. The summed E-state index contributed by atoms with van der Waals surface area (Å²) in [5, 5.41) is 4.76. The van der Waals surface area contributed by atoms with Gasteiger partial charge in [0.1, 0.15) is 5.82 Å². The maximum atomic E-state index is 13.4. The van der Waals surface area contributed by atoms with Gasteiger partial charge in [0.25, 0.3) is 0 Å². The molecule has 2 aromatic heterocycles. The van der Waals surface area contributed by atoms with Crippen molar-refractivity contribution in [2.24, 2.45) is 11.8 Å². The Morgan fingerprint density at radius 3 is 2.69 bits per heavy atom. The van der Waals surface area contributed by atoms with Crippen LogP contribution in [0.2, 0.25) is 0 Å². The van der Waals surface area contributed by atoms with Gasteiger partial charge in [0.2, 0.25) is 0 Å². The van der Waals surface area contributed by atoms with Crippen LogP contribution in [0.25, 0.3) is 11.3 Å². The second-order valence-corrected chi connectivity index (χ2v) is 9.49. The lowest BCUT2D eigenvalue weighted by molar-refractivity contribution is -0.137. The first-order valence-corrected chi connectivity index (χ1v) is 11.5. The van der Waals surface area contributed by atoms with Gasteiger partial charge in [-0.2, -0.15) is 18.3 Å². The van der Waals surface area contributed by atoms with Gasteiger partial charge in [0, 0.05) is 36.0 Å². The van der Waals surface area contributed by atoms with E-state index in [0.29, 0.717) is 35.1 Å². The number of aromatic nitrogens is 3. The normalized spacial score (nSPS) is 27.5. The van der Waals surface area contributed by atoms with Crippen LogP contribution in [0.3, 0.4) is 0 Å². The van der Waals surface area contributed by atoms with E-state index in [9.17, 15) is 13.2 Å². The Morgan fingerprint density at radius 1 is 1.25 bits per heavy atom. The number of likely N-dealkylation sites (tertiary alicyclic amines) is 1. The van der Waals surface area contributed by atoms with Crippen molar-refractivity contribution < 1.29 is 17.9 Å². The fraction of sp³-hybridized carbons (Fsp3) is 0.652. The van der Waals surface area contributed by atoms with Gasteiger partial charge in [-0.3, -0.25) is 9.58 Å². The summed E-state index contributed by atoms with van der Waals surface area (Å²) in [5.41, 5.74) is 6.60. The van der Waals surface area contributed by atoms with E-state index in [-0.39, 0.29) is 6.04 Å². The predicted octanol–water partition coefficient (Wildman–Crippen LogP) is 4.34. The number of nitrogens with zero attached hydrogens (tertiary/aromatic N) is 4. The standard InChI is InChI=1S/C23H30F3N5O/c1-3-13(2)31-20(21-16-5-4-6-30(10-17(16)21)15-11-32-12-15)8-19(29-31)14-7-18(23(24,25)26)22(27)28-9-14/h7-9,13,15-17,21H,3-6,10-12H2,1-2H3,(H2,27,28). The summed E-state index contributed by atoms with van der Waals surface area (Å²) in [5.74, 6) is 1.08. The van der Waals surface area contributed by atoms with Gasteiger partial charge < -0.3 is 10.5 Å². The number of anilines is 1. The largest absolute Gasteiger partial charge is 0.419 e. The molecule has 0 bridgehead atoms. The number of rotatable bonds is 5. The summed E-state index contributed by atoms with van der Waals surface area (Å²) in [6.45, 7) is 8.04. The summed E-state index contributed by atoms with van der Waals surface area (Å²) < 4.78 is 47.5. The van der Waals surface area contributed by atoms with Crippen molar-refractivity contribution in [2.75, 3.05) is 32.0 Å². The quantitative estimate of drug-likeness (QED) is 0.735. The molecule has 4 heterocycles. The summed E-state index contributed by atoms with van der Waals surface area (Å²) in [7, 11) is 0. The molecule has 6 nitrogen and oxygen atoms in total. The van der Waals surface area contributed by atoms with Crippen LogP contribution in [0.15, 0.2) is 18.3 Å². The number of nitrogens with two attached hydrogens (primary N) is 1. The van der Waals surface area contributed by atoms with Crippen LogP contribution >= 0.6 is 0 Å². The Bertz CT molecular complexity index is 986. The molecule has 32 heavy (non-hydrogen) atoms. The molecule has 9 heteroatoms. The Morgan fingerprint density at radius 2 is 2.03 bits per heavy atom. The van der Waals surface area contributed by atoms with E-state index in [2.05, 4.69) is 23.7 Å². The van der Waals surface area contributed by atoms with Gasteiger partial charge >= 0.3 is 6.18 Å². The zero-order valence-corrected chi connectivity index (χ0v) is 18.5. The van der Waals surface area contributed by atoms with Crippen LogP contribution in [0.4, 0.5) is 19.0 Å². The molecular weight excluding hydrogens is 419 g/mol. The number of halogens is 3. The summed E-state index contributed by atoms with van der Waals surface area (Å²) >= 11 is 0. The Labute approximate surface area is 185 Å². The molecule has 1 aliphatic carbocycles. The van der Waals surface area contributed by atoms with E-state index >= 15 is 0 Å². The lowest BCUT2D eigenvalue weighted by atomic mass is 10.1. The Hall–Kier alpha value is -2.13. The fourth-order valence-corrected chi connectivity index (χ4v) is 5.35. The minimum Gasteiger partial charge on any atom is -0.383 e. The molecule has 2 aliphatic heterocycles. The Kier molecular flexibility index (Phi) is 5.44. The molecule has 3 fully saturated rings. The zero-order valence-electron chi connectivity index (χ0n) is 18.5. The number of alkyl halides is 3. The van der Waals surface area contributed by atoms with E-state index in [1.165, 1.54) is 19.0 Å². The fourth-order valence-electron chi connectivity index (χ4n) is 5.35. The summed E-state index contributed by atoms with van der Waals surface area (Å²) in [4.78, 5) is 6.37. The molecule has 4 unspecified atom stereocenters. The van der Waals surface area contributed by atoms with Gasteiger partial charge in [-0.05, 0) is 56.7 Å². The average Bonchev–Trinajstić information content (AvgIpc) is 3.25. The smallest absolute Gasteiger partial charge is 0.383 e. The molecule has 0 aromatic carbocycles. The van der Waals surface area contributed by atoms with Crippen LogP contribution < -0.4 is 5.73 Å². The molecule has 0 amide bonds. The lowest BCUT2D eigenvalue weighted by Crippen LogP contribution is -2.49. The third kappa shape index (κ3) is 3.79. The second kappa shape index (κ2) is 8.02. The van der Waals surface area contributed by atoms with Gasteiger partial charge in [-0.1, -0.05) is 6.92 Å². The highest BCUT2D eigenvalue weighted by Gasteiger charge is 2.54. The van der Waals surface area contributed by atoms with E-state index in [1.807, 2.05) is 10.7 Å². The first-order valence-electron chi connectivity index (χ1n) is 11.5. The monoisotopic (exact) mass is 449 g/mol. The maximum absolute atomic E-state index is 13.4. The van der Waals surface area contributed by atoms with Crippen LogP contribution in [0, 0.1) is 11.8 Å². The van der Waals surface area contributed by atoms with Crippen LogP contribution in [0.5, 0.6) is 0 Å². The molecule has 1 saturated carbocycles. The molecule has 3 aliphatic rings. The van der Waals surface area contributed by atoms with Crippen LogP contribution in [0.1, 0.15) is 56.3 Å². The van der Waals surface area contributed by atoms with Crippen LogP contribution in [-0.4, -0.2) is 52.0 Å². The molecule has 0 radical (unpaired) electrons. The average molecular weight is 450 g/mol. The molecule has 2 N–H and O–H groups in total. The molecular formula is C23H30F3N5O. The van der Waals surface area contributed by atoms with E-state index in [1.54, 1.807) is 0 Å². The molecule has 4 atom stereocenters. The van der Waals surface area contributed by atoms with Gasteiger partial charge in [0.05, 0.1) is 30.5 Å². The highest BCUT2D eigenvalue weighted by molar-refractivity contribution is 5.63. The van der Waals surface area contributed by atoms with Crippen molar-refractivity contribution in [3.05, 3.63) is 29.6 Å². The highest BCUT2D eigenvalue weighted by atomic mass is 19.4. The Balaban J connectivity index is 1.46. The second-order valence-electron chi connectivity index (χ2n) is 9.49. The van der Waals surface area contributed by atoms with Crippen molar-refractivity contribution in [1.82, 2.24) is 19.7 Å². The molecule has 5 rings (SSSR count). The molecule has 174 valence electrons. The van der Waals surface area contributed by atoms with Crippen molar-refractivity contribution >= 4 is 5.82 Å². The minimum absolute atomic E-state index is 0.170. The first kappa shape index (κ1) is 21.7. The van der Waals surface area contributed by atoms with Crippen molar-refractivity contribution in [1.29, 1.82) is 0 Å². The number of pyridine rings is 1. The van der Waals surface area contributed by atoms with Gasteiger partial charge in [-0.25, -0.2) is 4.98 Å². The number of hydrogen-bond acceptors (Lipinski definition) is 5. The molecule has 0 spiro atoms. The lowest BCUT2D eigenvalue weighted by Gasteiger charge is -2.37. The SMILES string of the molecule is CCC(C)n1nc(-c2cnc(N)c(C(F)(F)F)c2)cc1C1C2CCCN(C3COC3)CC21. The summed E-state index contributed by atoms with van der Waals surface area (Å²) in [6.07, 6.45) is 0.0986. The zero-order chi connectivity index (χ0) is 22.6. The third-order valence-corrected chi connectivity index (χ3v) is 7.53. The summed E-state index contributed by atoms with van der Waals surface area (Å²) in [6, 6.07) is 3.75. The maximum Gasteiger partial charge on any atom is 0.419 e. The molecule has 2 aromatic rings. The third-order valence-electron chi connectivity index (χ3n) is 7.53. The van der Waals surface area contributed by atoms with Crippen molar-refractivity contribution in [3.8, 4) is 11.3 Å². The van der Waals surface area contributed by atoms with Gasteiger partial charge in [0.15, 0.2) is 0 Å². The highest BCUT2D eigenvalue weighted by Crippen LogP contribution is 2.58. The molecule has 2 saturated heterocycles. The van der Waals surface area contributed by atoms with Crippen LogP contribution in [-0.2, 0) is 10.9 Å². The minimum atomic E-state index is -4.55. The van der Waals surface area contributed by atoms with Crippen molar-refractivity contribution in [3.63, 3.8) is 0 Å². The predicted molar refractivity (Wildman–Crippen MR) is 115 cm³/mol. The number of nitrogen functional groups attached to an aromatic ring is 1. The van der Waals surface area contributed by atoms with Crippen molar-refractivity contribution in [2.45, 2.75) is 57.3 Å². The van der Waals surface area contributed by atoms with E-state index in [4.69, 9.17) is 15.6 Å². The van der Waals surface area contributed by atoms with E-state index in [0.717, 1.165) is 44.5 Å². The van der Waals surface area contributed by atoms with Gasteiger partial charge in [-0.15, -0.1) is 0 Å². The number of fused-ring (bicyclic) bond motifs is 1. The first-order chi connectivity index (χ1) is 15.3.